The fraction of sp³-hybridized carbons (Fsp3) is 0.381. The molecule has 1 N–H and O–H groups in total. The molecule has 0 aromatic carbocycles. The van der Waals surface area contributed by atoms with Crippen molar-refractivity contribution in [3.05, 3.63) is 58.4 Å². The maximum absolute atomic E-state index is 12.7. The summed E-state index contributed by atoms with van der Waals surface area (Å²) in [5, 5.41) is 0. The molecule has 0 amide bonds. The molecule has 8 nitrogen and oxygen atoms in total. The number of rotatable bonds is 6. The van der Waals surface area contributed by atoms with Gasteiger partial charge in [0.25, 0.3) is 5.56 Å². The van der Waals surface area contributed by atoms with Crippen LogP contribution in [0.15, 0.2) is 41.4 Å². The summed E-state index contributed by atoms with van der Waals surface area (Å²) < 4.78 is 3.66. The molecule has 29 heavy (non-hydrogen) atoms. The van der Waals surface area contributed by atoms with Gasteiger partial charge in [-0.15, -0.1) is 0 Å². The van der Waals surface area contributed by atoms with Crippen molar-refractivity contribution in [2.75, 3.05) is 0 Å². The van der Waals surface area contributed by atoms with Crippen molar-refractivity contribution in [1.29, 1.82) is 0 Å². The highest BCUT2D eigenvalue weighted by Crippen LogP contribution is 2.24. The van der Waals surface area contributed by atoms with Crippen LogP contribution in [0.5, 0.6) is 0 Å². The Morgan fingerprint density at radius 1 is 1.31 bits per heavy atom. The quantitative estimate of drug-likeness (QED) is 0.507. The van der Waals surface area contributed by atoms with E-state index >= 15 is 0 Å². The number of aromatic nitrogens is 7. The molecule has 8 heteroatoms. The van der Waals surface area contributed by atoms with Crippen molar-refractivity contribution in [2.24, 2.45) is 0 Å². The molecule has 0 bridgehead atoms. The van der Waals surface area contributed by atoms with E-state index in [0.717, 1.165) is 24.4 Å². The van der Waals surface area contributed by atoms with E-state index in [0.29, 0.717) is 29.0 Å². The molecule has 0 aliphatic heterocycles. The number of nitrogens with zero attached hydrogens (tertiary/aromatic N) is 6. The third-order valence-corrected chi connectivity index (χ3v) is 5.09. The van der Waals surface area contributed by atoms with E-state index in [1.165, 1.54) is 5.57 Å². The standard InChI is InChI=1S/C21H25N7O/c1-5-15-17-19(26-21(24-15)27-10-9-22-12-27)28-16(20(29)25-17)11-23-18(28)14(4)8-6-7-13(2)3/h7,9-12,14H,5-6,8H2,1-4H3,(H,25,29). The van der Waals surface area contributed by atoms with Crippen LogP contribution < -0.4 is 5.56 Å². The van der Waals surface area contributed by atoms with Crippen LogP contribution in [0.3, 0.4) is 0 Å². The minimum absolute atomic E-state index is 0.176. The highest BCUT2D eigenvalue weighted by atomic mass is 16.1. The van der Waals surface area contributed by atoms with Crippen LogP contribution >= 0.6 is 0 Å². The molecule has 0 saturated carbocycles. The fourth-order valence-electron chi connectivity index (χ4n) is 3.55. The van der Waals surface area contributed by atoms with Gasteiger partial charge >= 0.3 is 0 Å². The first-order chi connectivity index (χ1) is 14.0. The van der Waals surface area contributed by atoms with Crippen molar-refractivity contribution in [3.63, 3.8) is 0 Å². The first-order valence-electron chi connectivity index (χ1n) is 9.91. The molecule has 4 aromatic rings. The number of allylic oxidation sites excluding steroid dienone is 2. The predicted octanol–water partition coefficient (Wildman–Crippen LogP) is 3.56. The van der Waals surface area contributed by atoms with Gasteiger partial charge in [0.1, 0.15) is 23.2 Å². The predicted molar refractivity (Wildman–Crippen MR) is 112 cm³/mol. The Hall–Kier alpha value is -3.29. The molecule has 0 aliphatic rings. The lowest BCUT2D eigenvalue weighted by molar-refractivity contribution is 0.644. The number of hydrogen-bond donors (Lipinski definition) is 1. The number of aryl methyl sites for hydroxylation is 1. The van der Waals surface area contributed by atoms with Crippen molar-refractivity contribution >= 4 is 16.7 Å². The highest BCUT2D eigenvalue weighted by Gasteiger charge is 2.19. The van der Waals surface area contributed by atoms with Crippen molar-refractivity contribution < 1.29 is 0 Å². The van der Waals surface area contributed by atoms with Crippen LogP contribution in [-0.4, -0.2) is 33.9 Å². The van der Waals surface area contributed by atoms with E-state index in [1.807, 2.05) is 11.3 Å². The number of nitrogens with one attached hydrogen (secondary N) is 1. The second-order valence-corrected chi connectivity index (χ2v) is 7.54. The maximum atomic E-state index is 12.7. The molecule has 4 aromatic heterocycles. The lowest BCUT2D eigenvalue weighted by Crippen LogP contribution is -2.16. The van der Waals surface area contributed by atoms with Gasteiger partial charge in [-0.25, -0.2) is 15.0 Å². The van der Waals surface area contributed by atoms with Crippen LogP contribution in [0.2, 0.25) is 0 Å². The molecular formula is C21H25N7O. The fourth-order valence-corrected chi connectivity index (χ4v) is 3.55. The lowest BCUT2D eigenvalue weighted by atomic mass is 10.0. The van der Waals surface area contributed by atoms with Crippen LogP contribution in [0.4, 0.5) is 0 Å². The summed E-state index contributed by atoms with van der Waals surface area (Å²) in [6.07, 6.45) is 11.6. The Kier molecular flexibility index (Phi) is 5.00. The molecular weight excluding hydrogens is 366 g/mol. The van der Waals surface area contributed by atoms with E-state index in [2.05, 4.69) is 46.8 Å². The zero-order valence-electron chi connectivity index (χ0n) is 17.2. The summed E-state index contributed by atoms with van der Waals surface area (Å²) in [7, 11) is 0. The van der Waals surface area contributed by atoms with Gasteiger partial charge in [-0.2, -0.15) is 4.98 Å². The summed E-state index contributed by atoms with van der Waals surface area (Å²) >= 11 is 0. The van der Waals surface area contributed by atoms with E-state index < -0.39 is 0 Å². The minimum Gasteiger partial charge on any atom is -0.316 e. The van der Waals surface area contributed by atoms with Crippen molar-refractivity contribution in [2.45, 2.75) is 52.9 Å². The van der Waals surface area contributed by atoms with Gasteiger partial charge in [-0.3, -0.25) is 13.8 Å². The highest BCUT2D eigenvalue weighted by molar-refractivity contribution is 5.77. The van der Waals surface area contributed by atoms with Gasteiger partial charge < -0.3 is 4.98 Å². The topological polar surface area (TPSA) is 93.8 Å². The maximum Gasteiger partial charge on any atom is 0.274 e. The Morgan fingerprint density at radius 3 is 2.83 bits per heavy atom. The lowest BCUT2D eigenvalue weighted by Gasteiger charge is -2.13. The Bertz CT molecular complexity index is 1240. The second kappa shape index (κ2) is 7.62. The molecule has 150 valence electrons. The first-order valence-corrected chi connectivity index (χ1v) is 9.91. The van der Waals surface area contributed by atoms with Gasteiger partial charge in [0.15, 0.2) is 5.65 Å². The molecule has 4 rings (SSSR count). The van der Waals surface area contributed by atoms with Gasteiger partial charge in [0.2, 0.25) is 5.95 Å². The molecule has 1 unspecified atom stereocenters. The monoisotopic (exact) mass is 391 g/mol. The van der Waals surface area contributed by atoms with E-state index in [9.17, 15) is 4.79 Å². The Labute approximate surface area is 168 Å². The summed E-state index contributed by atoms with van der Waals surface area (Å²) in [5.74, 6) is 1.54. The average molecular weight is 391 g/mol. The Morgan fingerprint density at radius 2 is 2.14 bits per heavy atom. The third kappa shape index (κ3) is 3.46. The molecule has 0 saturated heterocycles. The molecule has 4 heterocycles. The number of H-pyrrole nitrogens is 1. The zero-order valence-corrected chi connectivity index (χ0v) is 17.2. The number of hydrogen-bond acceptors (Lipinski definition) is 5. The molecule has 0 fully saturated rings. The number of aromatic amines is 1. The van der Waals surface area contributed by atoms with E-state index in [4.69, 9.17) is 4.98 Å². The van der Waals surface area contributed by atoms with Gasteiger partial charge in [-0.05, 0) is 33.1 Å². The largest absolute Gasteiger partial charge is 0.316 e. The van der Waals surface area contributed by atoms with Crippen LogP contribution in [0.1, 0.15) is 58.0 Å². The zero-order chi connectivity index (χ0) is 20.5. The summed E-state index contributed by atoms with van der Waals surface area (Å²) in [5.41, 5.74) is 3.73. The summed E-state index contributed by atoms with van der Waals surface area (Å²) in [6, 6.07) is 0. The normalized spacial score (nSPS) is 12.6. The van der Waals surface area contributed by atoms with E-state index in [-0.39, 0.29) is 11.5 Å². The number of imidazole rings is 2. The van der Waals surface area contributed by atoms with Crippen LogP contribution in [-0.2, 0) is 6.42 Å². The molecule has 1 atom stereocenters. The van der Waals surface area contributed by atoms with Crippen molar-refractivity contribution in [1.82, 2.24) is 33.9 Å². The molecule has 0 aliphatic carbocycles. The van der Waals surface area contributed by atoms with Gasteiger partial charge in [-0.1, -0.05) is 25.5 Å². The second-order valence-electron chi connectivity index (χ2n) is 7.54. The first kappa shape index (κ1) is 19.0. The van der Waals surface area contributed by atoms with Crippen LogP contribution in [0, 0.1) is 0 Å². The average Bonchev–Trinajstić information content (AvgIpc) is 3.37. The van der Waals surface area contributed by atoms with Gasteiger partial charge in [0.05, 0.1) is 11.9 Å². The Balaban J connectivity index is 1.95. The van der Waals surface area contributed by atoms with Crippen LogP contribution in [0.25, 0.3) is 22.6 Å². The molecule has 0 spiro atoms. The minimum atomic E-state index is -0.179. The van der Waals surface area contributed by atoms with Gasteiger partial charge in [0, 0.05) is 18.3 Å². The summed E-state index contributed by atoms with van der Waals surface area (Å²) in [4.78, 5) is 33.8. The van der Waals surface area contributed by atoms with E-state index in [1.54, 1.807) is 29.5 Å². The van der Waals surface area contributed by atoms with Crippen molar-refractivity contribution in [3.8, 4) is 5.95 Å². The smallest absolute Gasteiger partial charge is 0.274 e. The molecule has 0 radical (unpaired) electrons. The third-order valence-electron chi connectivity index (χ3n) is 5.09. The summed E-state index contributed by atoms with van der Waals surface area (Å²) in [6.45, 7) is 8.35. The number of fused-ring (bicyclic) bond motifs is 3. The SMILES string of the molecule is CCc1nc(-n2ccnc2)nc2c1[nH]c(=O)c1cnc(C(C)CCC=C(C)C)n12.